The molecule has 0 aliphatic carbocycles. The summed E-state index contributed by atoms with van der Waals surface area (Å²) in [4.78, 5) is -0.343. The van der Waals surface area contributed by atoms with E-state index in [1.54, 1.807) is 0 Å². The molecular weight excluding hydrogens is 262 g/mol. The first-order valence-electron chi connectivity index (χ1n) is 4.38. The van der Waals surface area contributed by atoms with E-state index >= 15 is 0 Å². The molecule has 0 fully saturated rings. The zero-order valence-corrected chi connectivity index (χ0v) is 9.69. The third kappa shape index (κ3) is 3.61. The highest BCUT2D eigenvalue weighted by Gasteiger charge is 2.13. The molecule has 0 saturated heterocycles. The minimum absolute atomic E-state index is 0.0282. The van der Waals surface area contributed by atoms with Gasteiger partial charge in [0.2, 0.25) is 0 Å². The van der Waals surface area contributed by atoms with Crippen LogP contribution in [0, 0.1) is 5.82 Å². The summed E-state index contributed by atoms with van der Waals surface area (Å²) in [6.07, 6.45) is 0.148. The Morgan fingerprint density at radius 3 is 2.56 bits per heavy atom. The van der Waals surface area contributed by atoms with Crippen molar-refractivity contribution in [3.8, 4) is 5.75 Å². The maximum absolute atomic E-state index is 13.3. The Labute approximate surface area is 96.4 Å². The Morgan fingerprint density at radius 1 is 1.38 bits per heavy atom. The summed E-state index contributed by atoms with van der Waals surface area (Å²) in [6.45, 7) is -0.532. The molecular formula is C9H9ClF2O3S. The predicted molar refractivity (Wildman–Crippen MR) is 55.5 cm³/mol. The van der Waals surface area contributed by atoms with Crippen molar-refractivity contribution in [1.29, 1.82) is 0 Å². The van der Waals surface area contributed by atoms with Crippen LogP contribution in [0.5, 0.6) is 5.75 Å². The molecule has 0 unspecified atom stereocenters. The second-order valence-corrected chi connectivity index (χ2v) is 5.49. The molecule has 0 aliphatic heterocycles. The Morgan fingerprint density at radius 2 is 2.06 bits per heavy atom. The Kier molecular flexibility index (Phi) is 4.49. The topological polar surface area (TPSA) is 43.4 Å². The minimum atomic E-state index is -3.95. The van der Waals surface area contributed by atoms with Gasteiger partial charge in [0.15, 0.2) is 11.6 Å². The molecule has 0 bridgehead atoms. The van der Waals surface area contributed by atoms with Crippen molar-refractivity contribution < 1.29 is 21.9 Å². The molecule has 0 atom stereocenters. The van der Waals surface area contributed by atoms with E-state index in [2.05, 4.69) is 0 Å². The van der Waals surface area contributed by atoms with Crippen molar-refractivity contribution in [2.45, 2.75) is 11.3 Å². The fourth-order valence-corrected chi connectivity index (χ4v) is 1.75. The highest BCUT2D eigenvalue weighted by atomic mass is 35.7. The Balaban J connectivity index is 2.84. The maximum Gasteiger partial charge on any atom is 0.261 e. The predicted octanol–water partition coefficient (Wildman–Crippen LogP) is 2.49. The maximum atomic E-state index is 13.3. The van der Waals surface area contributed by atoms with Crippen LogP contribution in [0.3, 0.4) is 0 Å². The van der Waals surface area contributed by atoms with Crippen LogP contribution in [-0.2, 0) is 9.05 Å². The van der Waals surface area contributed by atoms with Gasteiger partial charge >= 0.3 is 0 Å². The summed E-state index contributed by atoms with van der Waals surface area (Å²) in [5.74, 6) is -0.974. The summed E-state index contributed by atoms with van der Waals surface area (Å²) in [5.41, 5.74) is 0. The lowest BCUT2D eigenvalue weighted by atomic mass is 10.3. The molecule has 0 aliphatic rings. The van der Waals surface area contributed by atoms with E-state index in [0.717, 1.165) is 18.2 Å². The number of rotatable bonds is 5. The largest absolute Gasteiger partial charge is 0.490 e. The van der Waals surface area contributed by atoms with Gasteiger partial charge in [-0.05, 0) is 18.2 Å². The van der Waals surface area contributed by atoms with Crippen molar-refractivity contribution in [3.05, 3.63) is 24.0 Å². The summed E-state index contributed by atoms with van der Waals surface area (Å²) in [5, 5.41) is 0. The SMILES string of the molecule is O=S(=O)(Cl)c1ccc(OCCCF)c(F)c1. The first-order valence-corrected chi connectivity index (χ1v) is 6.69. The van der Waals surface area contributed by atoms with Crippen LogP contribution in [0.2, 0.25) is 0 Å². The quantitative estimate of drug-likeness (QED) is 0.610. The zero-order chi connectivity index (χ0) is 12.2. The molecule has 0 amide bonds. The van der Waals surface area contributed by atoms with Gasteiger partial charge in [0, 0.05) is 17.1 Å². The highest BCUT2D eigenvalue weighted by molar-refractivity contribution is 8.13. The van der Waals surface area contributed by atoms with E-state index in [1.807, 2.05) is 0 Å². The van der Waals surface area contributed by atoms with Crippen LogP contribution in [0.4, 0.5) is 8.78 Å². The van der Waals surface area contributed by atoms with E-state index in [9.17, 15) is 17.2 Å². The molecule has 0 N–H and O–H groups in total. The van der Waals surface area contributed by atoms with Gasteiger partial charge in [-0.3, -0.25) is 4.39 Å². The fourth-order valence-electron chi connectivity index (χ4n) is 0.987. The zero-order valence-electron chi connectivity index (χ0n) is 8.12. The number of hydrogen-bond acceptors (Lipinski definition) is 3. The van der Waals surface area contributed by atoms with Crippen molar-refractivity contribution in [3.63, 3.8) is 0 Å². The van der Waals surface area contributed by atoms with Crippen LogP contribution in [-0.4, -0.2) is 21.7 Å². The van der Waals surface area contributed by atoms with Crippen molar-refractivity contribution in [2.75, 3.05) is 13.3 Å². The average molecular weight is 271 g/mol. The van der Waals surface area contributed by atoms with Gasteiger partial charge in [0.25, 0.3) is 9.05 Å². The van der Waals surface area contributed by atoms with Gasteiger partial charge in [-0.1, -0.05) is 0 Å². The highest BCUT2D eigenvalue weighted by Crippen LogP contribution is 2.23. The number of hydrogen-bond donors (Lipinski definition) is 0. The van der Waals surface area contributed by atoms with Crippen molar-refractivity contribution in [2.24, 2.45) is 0 Å². The third-order valence-corrected chi connectivity index (χ3v) is 3.07. The van der Waals surface area contributed by atoms with Crippen molar-refractivity contribution in [1.82, 2.24) is 0 Å². The normalized spacial score (nSPS) is 11.4. The third-order valence-electron chi connectivity index (χ3n) is 1.72. The van der Waals surface area contributed by atoms with Gasteiger partial charge in [-0.25, -0.2) is 12.8 Å². The first kappa shape index (κ1) is 13.2. The van der Waals surface area contributed by atoms with E-state index in [4.69, 9.17) is 15.4 Å². The lowest BCUT2D eigenvalue weighted by molar-refractivity contribution is 0.277. The standard InChI is InChI=1S/C9H9ClF2O3S/c10-16(13,14)7-2-3-9(8(12)6-7)15-5-1-4-11/h2-3,6H,1,4-5H2. The monoisotopic (exact) mass is 270 g/mol. The van der Waals surface area contributed by atoms with Crippen LogP contribution in [0.25, 0.3) is 0 Å². The molecule has 3 nitrogen and oxygen atoms in total. The second kappa shape index (κ2) is 5.45. The molecule has 1 rings (SSSR count). The van der Waals surface area contributed by atoms with Gasteiger partial charge in [-0.15, -0.1) is 0 Å². The smallest absolute Gasteiger partial charge is 0.261 e. The summed E-state index contributed by atoms with van der Waals surface area (Å²) in [7, 11) is 1.07. The van der Waals surface area contributed by atoms with Crippen LogP contribution >= 0.6 is 10.7 Å². The number of benzene rings is 1. The molecule has 1 aromatic carbocycles. The molecule has 90 valence electrons. The lowest BCUT2D eigenvalue weighted by Crippen LogP contribution is -2.01. The lowest BCUT2D eigenvalue weighted by Gasteiger charge is -2.06. The van der Waals surface area contributed by atoms with E-state index in [-0.39, 0.29) is 23.7 Å². The Bertz CT molecular complexity index is 462. The molecule has 0 radical (unpaired) electrons. The summed E-state index contributed by atoms with van der Waals surface area (Å²) >= 11 is 0. The van der Waals surface area contributed by atoms with Crippen LogP contribution < -0.4 is 4.74 Å². The number of halogens is 3. The molecule has 0 aromatic heterocycles. The van der Waals surface area contributed by atoms with E-state index in [0.29, 0.717) is 0 Å². The first-order chi connectivity index (χ1) is 7.45. The molecule has 0 spiro atoms. The molecule has 16 heavy (non-hydrogen) atoms. The van der Waals surface area contributed by atoms with Gasteiger partial charge in [0.05, 0.1) is 18.2 Å². The van der Waals surface area contributed by atoms with E-state index in [1.165, 1.54) is 0 Å². The van der Waals surface area contributed by atoms with Gasteiger partial charge in [0.1, 0.15) is 0 Å². The molecule has 7 heteroatoms. The average Bonchev–Trinajstić information content (AvgIpc) is 2.19. The van der Waals surface area contributed by atoms with Gasteiger partial charge in [-0.2, -0.15) is 0 Å². The summed E-state index contributed by atoms with van der Waals surface area (Å²) in [6, 6.07) is 3.02. The number of alkyl halides is 1. The molecule has 0 heterocycles. The van der Waals surface area contributed by atoms with Crippen molar-refractivity contribution >= 4 is 19.7 Å². The molecule has 1 aromatic rings. The van der Waals surface area contributed by atoms with Gasteiger partial charge < -0.3 is 4.74 Å². The number of ether oxygens (including phenoxy) is 1. The summed E-state index contributed by atoms with van der Waals surface area (Å²) < 4.78 is 51.6. The van der Waals surface area contributed by atoms with Crippen LogP contribution in [0.15, 0.2) is 23.1 Å². The Hall–Kier alpha value is -0.880. The molecule has 0 saturated carbocycles. The van der Waals surface area contributed by atoms with Crippen LogP contribution in [0.1, 0.15) is 6.42 Å². The van der Waals surface area contributed by atoms with E-state index < -0.39 is 21.5 Å². The minimum Gasteiger partial charge on any atom is -0.490 e. The second-order valence-electron chi connectivity index (χ2n) is 2.92. The fraction of sp³-hybridized carbons (Fsp3) is 0.333.